The van der Waals surface area contributed by atoms with Crippen molar-refractivity contribution in [1.29, 1.82) is 0 Å². The van der Waals surface area contributed by atoms with Crippen molar-refractivity contribution in [1.82, 2.24) is 15.0 Å². The molecular formula is C5H10N4. The number of nitrogens with zero attached hydrogens (tertiary/aromatic N) is 3. The van der Waals surface area contributed by atoms with E-state index in [2.05, 4.69) is 10.2 Å². The Morgan fingerprint density at radius 3 is 2.56 bits per heavy atom. The summed E-state index contributed by atoms with van der Waals surface area (Å²) in [6.45, 7) is 2.55. The van der Waals surface area contributed by atoms with Crippen molar-refractivity contribution < 1.29 is 0 Å². The zero-order valence-corrected chi connectivity index (χ0v) is 5.36. The lowest BCUT2D eigenvalue weighted by atomic mass is 10.4. The number of rotatable bonds is 2. The van der Waals surface area contributed by atoms with Crippen LogP contribution in [-0.4, -0.2) is 21.5 Å². The molecule has 0 saturated carbocycles. The van der Waals surface area contributed by atoms with Crippen LogP contribution in [0.1, 0.15) is 13.0 Å². The minimum Gasteiger partial charge on any atom is -0.328 e. The van der Waals surface area contributed by atoms with Gasteiger partial charge in [-0.3, -0.25) is 0 Å². The molecule has 0 amide bonds. The van der Waals surface area contributed by atoms with Crippen LogP contribution in [0.2, 0.25) is 0 Å². The number of hydrogen-bond acceptors (Lipinski definition) is 3. The van der Waals surface area contributed by atoms with E-state index in [-0.39, 0.29) is 6.04 Å². The molecule has 0 radical (unpaired) electrons. The minimum atomic E-state index is 0.208. The fraction of sp³-hybridized carbons (Fsp3) is 0.600. The smallest absolute Gasteiger partial charge is 0.0810 e. The molecule has 0 aliphatic rings. The largest absolute Gasteiger partial charge is 0.328 e. The third-order valence-corrected chi connectivity index (χ3v) is 1.17. The zero-order chi connectivity index (χ0) is 6.69. The van der Waals surface area contributed by atoms with Crippen molar-refractivity contribution in [3.8, 4) is 0 Å². The topological polar surface area (TPSA) is 56.7 Å². The van der Waals surface area contributed by atoms with E-state index < -0.39 is 0 Å². The average Bonchev–Trinajstić information content (AvgIpc) is 2.37. The number of hydrogen-bond donors (Lipinski definition) is 1. The molecule has 0 saturated heterocycles. The molecule has 1 aromatic heterocycles. The maximum atomic E-state index is 5.36. The Labute approximate surface area is 53.7 Å². The van der Waals surface area contributed by atoms with Gasteiger partial charge in [0.25, 0.3) is 0 Å². The quantitative estimate of drug-likeness (QED) is 0.597. The van der Waals surface area contributed by atoms with E-state index in [0.29, 0.717) is 6.54 Å². The van der Waals surface area contributed by atoms with Crippen molar-refractivity contribution in [3.63, 3.8) is 0 Å². The van der Waals surface area contributed by atoms with Gasteiger partial charge in [-0.05, 0) is 6.92 Å². The molecule has 1 aromatic rings. The van der Waals surface area contributed by atoms with Gasteiger partial charge in [-0.2, -0.15) is 15.0 Å². The maximum Gasteiger partial charge on any atom is 0.0810 e. The van der Waals surface area contributed by atoms with E-state index in [4.69, 9.17) is 5.73 Å². The molecule has 9 heavy (non-hydrogen) atoms. The second kappa shape index (κ2) is 2.59. The first-order valence-corrected chi connectivity index (χ1v) is 2.90. The summed E-state index contributed by atoms with van der Waals surface area (Å²) in [6, 6.07) is 0.208. The highest BCUT2D eigenvalue weighted by Gasteiger charge is 1.99. The molecule has 1 atom stereocenters. The molecule has 1 rings (SSSR count). The van der Waals surface area contributed by atoms with Crippen molar-refractivity contribution >= 4 is 0 Å². The van der Waals surface area contributed by atoms with E-state index >= 15 is 0 Å². The fourth-order valence-electron chi connectivity index (χ4n) is 0.548. The highest BCUT2D eigenvalue weighted by Crippen LogP contribution is 1.94. The maximum absolute atomic E-state index is 5.36. The lowest BCUT2D eigenvalue weighted by molar-refractivity contribution is 0.442. The molecule has 4 nitrogen and oxygen atoms in total. The summed E-state index contributed by atoms with van der Waals surface area (Å²) in [5, 5.41) is 7.83. The number of nitrogens with two attached hydrogens (primary N) is 1. The average molecular weight is 126 g/mol. The Bertz CT molecular complexity index is 157. The van der Waals surface area contributed by atoms with Gasteiger partial charge in [-0.15, -0.1) is 0 Å². The molecule has 0 spiro atoms. The van der Waals surface area contributed by atoms with Gasteiger partial charge >= 0.3 is 0 Å². The summed E-state index contributed by atoms with van der Waals surface area (Å²) in [5.74, 6) is 0. The second-order valence-corrected chi connectivity index (χ2v) is 1.93. The standard InChI is InChI=1S/C5H10N4/c1-5(4-6)9-7-2-3-8-9/h2-3,5H,4,6H2,1H3. The summed E-state index contributed by atoms with van der Waals surface area (Å²) < 4.78 is 0. The third-order valence-electron chi connectivity index (χ3n) is 1.17. The molecule has 2 N–H and O–H groups in total. The first kappa shape index (κ1) is 6.22. The molecule has 1 heterocycles. The van der Waals surface area contributed by atoms with Crippen molar-refractivity contribution in [2.24, 2.45) is 5.73 Å². The Kier molecular flexibility index (Phi) is 1.79. The summed E-state index contributed by atoms with van der Waals surface area (Å²) >= 11 is 0. The summed E-state index contributed by atoms with van der Waals surface area (Å²) in [4.78, 5) is 1.60. The van der Waals surface area contributed by atoms with Gasteiger partial charge in [0.05, 0.1) is 18.4 Å². The van der Waals surface area contributed by atoms with Crippen LogP contribution in [0, 0.1) is 0 Å². The molecule has 0 fully saturated rings. The zero-order valence-electron chi connectivity index (χ0n) is 5.36. The lowest BCUT2D eigenvalue weighted by Gasteiger charge is -2.04. The van der Waals surface area contributed by atoms with E-state index in [0.717, 1.165) is 0 Å². The Morgan fingerprint density at radius 2 is 2.11 bits per heavy atom. The SMILES string of the molecule is CC(CN)n1nccn1. The van der Waals surface area contributed by atoms with Crippen LogP contribution in [0.25, 0.3) is 0 Å². The summed E-state index contributed by atoms with van der Waals surface area (Å²) in [5.41, 5.74) is 5.36. The van der Waals surface area contributed by atoms with Crippen molar-refractivity contribution in [2.45, 2.75) is 13.0 Å². The second-order valence-electron chi connectivity index (χ2n) is 1.93. The molecule has 0 aliphatic carbocycles. The minimum absolute atomic E-state index is 0.208. The Balaban J connectivity index is 2.65. The molecular weight excluding hydrogens is 116 g/mol. The summed E-state index contributed by atoms with van der Waals surface area (Å²) in [6.07, 6.45) is 3.29. The molecule has 0 aromatic carbocycles. The van der Waals surface area contributed by atoms with Crippen LogP contribution in [-0.2, 0) is 0 Å². The number of aromatic nitrogens is 3. The molecule has 4 heteroatoms. The molecule has 50 valence electrons. The van der Waals surface area contributed by atoms with Gasteiger partial charge < -0.3 is 5.73 Å². The monoisotopic (exact) mass is 126 g/mol. The first-order chi connectivity index (χ1) is 4.34. The van der Waals surface area contributed by atoms with Gasteiger partial charge in [0.2, 0.25) is 0 Å². The lowest BCUT2D eigenvalue weighted by Crippen LogP contribution is -2.18. The van der Waals surface area contributed by atoms with Gasteiger partial charge in [0.1, 0.15) is 0 Å². The third kappa shape index (κ3) is 1.26. The van der Waals surface area contributed by atoms with Crippen LogP contribution in [0.4, 0.5) is 0 Å². The van der Waals surface area contributed by atoms with E-state index in [1.807, 2.05) is 6.92 Å². The van der Waals surface area contributed by atoms with Crippen LogP contribution in [0.15, 0.2) is 12.4 Å². The predicted octanol–water partition coefficient (Wildman–Crippen LogP) is -0.202. The fourth-order valence-corrected chi connectivity index (χ4v) is 0.548. The van der Waals surface area contributed by atoms with Crippen LogP contribution >= 0.6 is 0 Å². The van der Waals surface area contributed by atoms with Crippen molar-refractivity contribution in [2.75, 3.05) is 6.54 Å². The Hall–Kier alpha value is -0.900. The Morgan fingerprint density at radius 1 is 1.56 bits per heavy atom. The predicted molar refractivity (Wildman–Crippen MR) is 33.8 cm³/mol. The van der Waals surface area contributed by atoms with Gasteiger partial charge in [-0.1, -0.05) is 0 Å². The highest BCUT2D eigenvalue weighted by atomic mass is 15.5. The molecule has 0 aliphatic heterocycles. The van der Waals surface area contributed by atoms with Crippen LogP contribution in [0.5, 0.6) is 0 Å². The summed E-state index contributed by atoms with van der Waals surface area (Å²) in [7, 11) is 0. The first-order valence-electron chi connectivity index (χ1n) is 2.90. The van der Waals surface area contributed by atoms with E-state index in [1.165, 1.54) is 0 Å². The van der Waals surface area contributed by atoms with Crippen LogP contribution < -0.4 is 5.73 Å². The van der Waals surface area contributed by atoms with E-state index in [1.54, 1.807) is 17.2 Å². The molecule has 0 bridgehead atoms. The normalized spacial score (nSPS) is 13.6. The van der Waals surface area contributed by atoms with Gasteiger partial charge in [0, 0.05) is 6.54 Å². The van der Waals surface area contributed by atoms with Crippen molar-refractivity contribution in [3.05, 3.63) is 12.4 Å². The molecule has 1 unspecified atom stereocenters. The van der Waals surface area contributed by atoms with E-state index in [9.17, 15) is 0 Å². The van der Waals surface area contributed by atoms with Gasteiger partial charge in [-0.25, -0.2) is 0 Å². The highest BCUT2D eigenvalue weighted by molar-refractivity contribution is 4.64. The van der Waals surface area contributed by atoms with Crippen LogP contribution in [0.3, 0.4) is 0 Å². The van der Waals surface area contributed by atoms with Gasteiger partial charge in [0.15, 0.2) is 0 Å².